The number of likely N-dealkylation sites (tertiary alicyclic amines) is 1. The molecule has 0 radical (unpaired) electrons. The summed E-state index contributed by atoms with van der Waals surface area (Å²) in [6.07, 6.45) is 5.40. The van der Waals surface area contributed by atoms with E-state index in [4.69, 9.17) is 0 Å². The van der Waals surface area contributed by atoms with Gasteiger partial charge in [0.25, 0.3) is 11.5 Å². The average molecular weight is 421 g/mol. The van der Waals surface area contributed by atoms with E-state index in [0.717, 1.165) is 53.9 Å². The van der Waals surface area contributed by atoms with Gasteiger partial charge < -0.3 is 15.2 Å². The number of hydrogen-bond donors (Lipinski definition) is 2. The number of aromatic nitrogens is 3. The van der Waals surface area contributed by atoms with Gasteiger partial charge in [0.15, 0.2) is 0 Å². The minimum Gasteiger partial charge on any atom is -0.369 e. The summed E-state index contributed by atoms with van der Waals surface area (Å²) >= 11 is 0. The number of fused-ring (bicyclic) bond motifs is 1. The summed E-state index contributed by atoms with van der Waals surface area (Å²) in [6, 6.07) is 7.97. The van der Waals surface area contributed by atoms with Crippen molar-refractivity contribution in [2.24, 2.45) is 0 Å². The number of nitrogens with zero attached hydrogens (tertiary/aromatic N) is 4. The van der Waals surface area contributed by atoms with E-state index in [9.17, 15) is 9.59 Å². The summed E-state index contributed by atoms with van der Waals surface area (Å²) in [5.41, 5.74) is 4.84. The predicted molar refractivity (Wildman–Crippen MR) is 121 cm³/mol. The second-order valence-electron chi connectivity index (χ2n) is 8.02. The third kappa shape index (κ3) is 4.44. The number of H-pyrrole nitrogens is 1. The molecule has 1 aliphatic heterocycles. The van der Waals surface area contributed by atoms with Crippen molar-refractivity contribution in [3.05, 3.63) is 63.8 Å². The van der Waals surface area contributed by atoms with Gasteiger partial charge in [-0.15, -0.1) is 0 Å². The van der Waals surface area contributed by atoms with Crippen molar-refractivity contribution in [1.82, 2.24) is 25.2 Å². The topological polar surface area (TPSA) is 94.2 Å². The number of amides is 1. The van der Waals surface area contributed by atoms with Crippen molar-refractivity contribution in [3.63, 3.8) is 0 Å². The number of pyridine rings is 3. The van der Waals surface area contributed by atoms with Crippen LogP contribution in [0.4, 0.5) is 5.69 Å². The Labute approximate surface area is 181 Å². The standard InChI is InChI=1S/C23H28N6O2/c1-4-16-10-20-21(27-22(16)30)9-15(11-25-20)13-29-8-7-18(14-29)28(3)17-5-6-19(26-12-17)23(31)24-2/h5-6,9-12,18H,4,7-8,13-14H2,1-3H3,(H,24,31)(H,27,30)/t18-/m1/s1. The number of anilines is 1. The van der Waals surface area contributed by atoms with Crippen molar-refractivity contribution in [2.45, 2.75) is 32.4 Å². The fourth-order valence-electron chi connectivity index (χ4n) is 4.11. The van der Waals surface area contributed by atoms with Gasteiger partial charge in [0, 0.05) is 51.5 Å². The molecule has 0 saturated carbocycles. The number of nitrogens with one attached hydrogen (secondary N) is 2. The van der Waals surface area contributed by atoms with Gasteiger partial charge in [-0.1, -0.05) is 6.92 Å². The summed E-state index contributed by atoms with van der Waals surface area (Å²) in [6.45, 7) is 4.68. The van der Waals surface area contributed by atoms with Gasteiger partial charge in [0.2, 0.25) is 0 Å². The molecule has 0 bridgehead atoms. The average Bonchev–Trinajstić information content (AvgIpc) is 3.26. The second-order valence-corrected chi connectivity index (χ2v) is 8.02. The number of aryl methyl sites for hydroxylation is 1. The quantitative estimate of drug-likeness (QED) is 0.633. The summed E-state index contributed by atoms with van der Waals surface area (Å²) in [7, 11) is 3.67. The highest BCUT2D eigenvalue weighted by Crippen LogP contribution is 2.23. The van der Waals surface area contributed by atoms with Crippen molar-refractivity contribution >= 4 is 22.6 Å². The maximum absolute atomic E-state index is 12.1. The van der Waals surface area contributed by atoms with Crippen LogP contribution in [0.25, 0.3) is 11.0 Å². The molecule has 0 unspecified atom stereocenters. The van der Waals surface area contributed by atoms with Crippen LogP contribution in [-0.2, 0) is 13.0 Å². The van der Waals surface area contributed by atoms with Crippen molar-refractivity contribution in [3.8, 4) is 0 Å². The Morgan fingerprint density at radius 3 is 2.84 bits per heavy atom. The van der Waals surface area contributed by atoms with Crippen molar-refractivity contribution < 1.29 is 4.79 Å². The summed E-state index contributed by atoms with van der Waals surface area (Å²) < 4.78 is 0. The Morgan fingerprint density at radius 1 is 1.29 bits per heavy atom. The molecular formula is C23H28N6O2. The lowest BCUT2D eigenvalue weighted by molar-refractivity contribution is 0.0958. The third-order valence-corrected chi connectivity index (χ3v) is 6.02. The van der Waals surface area contributed by atoms with E-state index in [-0.39, 0.29) is 11.5 Å². The van der Waals surface area contributed by atoms with Crippen LogP contribution >= 0.6 is 0 Å². The van der Waals surface area contributed by atoms with Crippen molar-refractivity contribution in [1.29, 1.82) is 0 Å². The maximum Gasteiger partial charge on any atom is 0.269 e. The normalized spacial score (nSPS) is 16.5. The highest BCUT2D eigenvalue weighted by atomic mass is 16.1. The first-order valence-electron chi connectivity index (χ1n) is 10.6. The fourth-order valence-corrected chi connectivity index (χ4v) is 4.11. The molecule has 0 spiro atoms. The van der Waals surface area contributed by atoms with Gasteiger partial charge >= 0.3 is 0 Å². The van der Waals surface area contributed by atoms with E-state index in [2.05, 4.69) is 37.1 Å². The van der Waals surface area contributed by atoms with Crippen molar-refractivity contribution in [2.75, 3.05) is 32.1 Å². The molecule has 1 fully saturated rings. The van der Waals surface area contributed by atoms with Gasteiger partial charge in [-0.3, -0.25) is 19.5 Å². The summed E-state index contributed by atoms with van der Waals surface area (Å²) in [4.78, 5) is 40.2. The second kappa shape index (κ2) is 8.85. The van der Waals surface area contributed by atoms with Crippen LogP contribution in [0.15, 0.2) is 41.5 Å². The number of hydrogen-bond acceptors (Lipinski definition) is 6. The summed E-state index contributed by atoms with van der Waals surface area (Å²) in [5.74, 6) is -0.183. The Bertz CT molecular complexity index is 1140. The first kappa shape index (κ1) is 21.0. The molecule has 3 aromatic rings. The molecule has 2 N–H and O–H groups in total. The van der Waals surface area contributed by atoms with E-state index in [0.29, 0.717) is 18.2 Å². The molecule has 1 aliphatic rings. The van der Waals surface area contributed by atoms with Crippen LogP contribution in [0, 0.1) is 0 Å². The van der Waals surface area contributed by atoms with Gasteiger partial charge in [0.1, 0.15) is 5.69 Å². The number of likely N-dealkylation sites (N-methyl/N-ethyl adjacent to an activating group) is 1. The van der Waals surface area contributed by atoms with Gasteiger partial charge in [-0.05, 0) is 42.7 Å². The molecule has 3 aromatic heterocycles. The Kier molecular flexibility index (Phi) is 5.99. The van der Waals surface area contributed by atoms with E-state index >= 15 is 0 Å². The molecule has 1 amide bonds. The largest absolute Gasteiger partial charge is 0.369 e. The Hall–Kier alpha value is -3.26. The monoisotopic (exact) mass is 420 g/mol. The van der Waals surface area contributed by atoms with Gasteiger partial charge in [-0.25, -0.2) is 4.98 Å². The molecule has 4 rings (SSSR count). The van der Waals surface area contributed by atoms with Crippen LogP contribution in [0.2, 0.25) is 0 Å². The van der Waals surface area contributed by atoms with Gasteiger partial charge in [-0.2, -0.15) is 0 Å². The first-order chi connectivity index (χ1) is 15.0. The minimum atomic E-state index is -0.183. The number of aromatic amines is 1. The summed E-state index contributed by atoms with van der Waals surface area (Å²) in [5, 5.41) is 2.59. The van der Waals surface area contributed by atoms with Crippen LogP contribution in [0.3, 0.4) is 0 Å². The number of carbonyl (C=O) groups excluding carboxylic acids is 1. The zero-order valence-corrected chi connectivity index (χ0v) is 18.2. The van der Waals surface area contributed by atoms with E-state index in [1.54, 1.807) is 19.3 Å². The maximum atomic E-state index is 12.1. The Balaban J connectivity index is 1.41. The van der Waals surface area contributed by atoms with Crippen LogP contribution in [-0.4, -0.2) is 59.0 Å². The first-order valence-corrected chi connectivity index (χ1v) is 10.6. The predicted octanol–water partition coefficient (Wildman–Crippen LogP) is 1.95. The lowest BCUT2D eigenvalue weighted by Crippen LogP contribution is -2.34. The number of rotatable bonds is 6. The molecule has 0 aromatic carbocycles. The fraction of sp³-hybridized carbons (Fsp3) is 0.391. The molecule has 4 heterocycles. The smallest absolute Gasteiger partial charge is 0.269 e. The Morgan fingerprint density at radius 2 is 2.13 bits per heavy atom. The SMILES string of the molecule is CCc1cc2ncc(CN3CC[C@@H](N(C)c4ccc(C(=O)NC)nc4)C3)cc2[nH]c1=O. The molecule has 1 saturated heterocycles. The molecule has 1 atom stereocenters. The number of carbonyl (C=O) groups is 1. The lowest BCUT2D eigenvalue weighted by Gasteiger charge is -2.27. The van der Waals surface area contributed by atoms with Crippen LogP contribution < -0.4 is 15.8 Å². The molecular weight excluding hydrogens is 392 g/mol. The van der Waals surface area contributed by atoms with Crippen LogP contribution in [0.1, 0.15) is 35.0 Å². The lowest BCUT2D eigenvalue weighted by atomic mass is 10.1. The molecule has 8 heteroatoms. The molecule has 8 nitrogen and oxygen atoms in total. The van der Waals surface area contributed by atoms with E-state index in [1.807, 2.05) is 31.3 Å². The molecule has 162 valence electrons. The highest BCUT2D eigenvalue weighted by molar-refractivity contribution is 5.92. The zero-order chi connectivity index (χ0) is 22.0. The van der Waals surface area contributed by atoms with E-state index in [1.165, 1.54) is 0 Å². The van der Waals surface area contributed by atoms with E-state index < -0.39 is 0 Å². The molecule has 31 heavy (non-hydrogen) atoms. The highest BCUT2D eigenvalue weighted by Gasteiger charge is 2.26. The third-order valence-electron chi connectivity index (χ3n) is 6.02. The van der Waals surface area contributed by atoms with Gasteiger partial charge in [0.05, 0.1) is 22.9 Å². The zero-order valence-electron chi connectivity index (χ0n) is 18.2. The molecule has 0 aliphatic carbocycles. The van der Waals surface area contributed by atoms with Crippen LogP contribution in [0.5, 0.6) is 0 Å². The minimum absolute atomic E-state index is 0.0344.